The van der Waals surface area contributed by atoms with Crippen LogP contribution in [-0.2, 0) is 5.41 Å². The summed E-state index contributed by atoms with van der Waals surface area (Å²) in [7, 11) is 0. The van der Waals surface area contributed by atoms with Gasteiger partial charge in [-0.15, -0.1) is 0 Å². The maximum absolute atomic E-state index is 5.13. The van der Waals surface area contributed by atoms with Gasteiger partial charge in [-0.2, -0.15) is 0 Å². The van der Waals surface area contributed by atoms with Gasteiger partial charge in [0.05, 0.1) is 22.4 Å². The molecule has 53 heavy (non-hydrogen) atoms. The van der Waals surface area contributed by atoms with E-state index in [9.17, 15) is 0 Å². The van der Waals surface area contributed by atoms with Crippen LogP contribution in [0.15, 0.2) is 170 Å². The standard InChI is InChI=1S/C49H34N4/c1-49(2)42-13-4-3-10-40(42)41-12-5-11-39(47(41)49)33-18-14-31(15-19-33)32-16-20-34(21-17-32)48-52-45(37-22-24-43-35(28-37)8-6-26-50-43)30-46(53-48)38-23-25-44-36(29-38)9-7-27-51-44/h3-30H,1-2H3. The molecule has 6 aromatic carbocycles. The van der Waals surface area contributed by atoms with E-state index in [0.717, 1.165) is 55.4 Å². The van der Waals surface area contributed by atoms with E-state index in [1.807, 2.05) is 24.5 Å². The smallest absolute Gasteiger partial charge is 0.160 e. The van der Waals surface area contributed by atoms with Crippen LogP contribution in [0.3, 0.4) is 0 Å². The number of aromatic nitrogens is 4. The molecule has 0 bridgehead atoms. The van der Waals surface area contributed by atoms with Crippen molar-refractivity contribution in [3.8, 4) is 67.3 Å². The summed E-state index contributed by atoms with van der Waals surface area (Å²) < 4.78 is 0. The second-order valence-electron chi connectivity index (χ2n) is 14.3. The molecule has 3 heterocycles. The van der Waals surface area contributed by atoms with E-state index in [1.165, 1.54) is 38.9 Å². The van der Waals surface area contributed by atoms with E-state index in [1.54, 1.807) is 0 Å². The fourth-order valence-corrected chi connectivity index (χ4v) is 8.08. The van der Waals surface area contributed by atoms with Crippen LogP contribution in [0.1, 0.15) is 25.0 Å². The number of hydrogen-bond acceptors (Lipinski definition) is 4. The van der Waals surface area contributed by atoms with Gasteiger partial charge in [-0.25, -0.2) is 9.97 Å². The Kier molecular flexibility index (Phi) is 7.12. The Balaban J connectivity index is 1.01. The first-order valence-corrected chi connectivity index (χ1v) is 18.0. The predicted octanol–water partition coefficient (Wildman–Crippen LogP) is 12.2. The molecular weight excluding hydrogens is 645 g/mol. The van der Waals surface area contributed by atoms with Gasteiger partial charge in [0.25, 0.3) is 0 Å². The van der Waals surface area contributed by atoms with Crippen LogP contribution in [0.5, 0.6) is 0 Å². The fraction of sp³-hybridized carbons (Fsp3) is 0.0612. The molecular formula is C49H34N4. The van der Waals surface area contributed by atoms with E-state index in [2.05, 4.69) is 169 Å². The van der Waals surface area contributed by atoms with Crippen LogP contribution in [0.4, 0.5) is 0 Å². The summed E-state index contributed by atoms with van der Waals surface area (Å²) in [6.07, 6.45) is 3.65. The van der Waals surface area contributed by atoms with E-state index >= 15 is 0 Å². The summed E-state index contributed by atoms with van der Waals surface area (Å²) in [5.41, 5.74) is 16.9. The fourth-order valence-electron chi connectivity index (χ4n) is 8.08. The average molecular weight is 679 g/mol. The lowest BCUT2D eigenvalue weighted by Crippen LogP contribution is -2.16. The van der Waals surface area contributed by atoms with Crippen molar-refractivity contribution in [2.75, 3.05) is 0 Å². The van der Waals surface area contributed by atoms with Crippen LogP contribution < -0.4 is 0 Å². The highest BCUT2D eigenvalue weighted by molar-refractivity contribution is 5.89. The Labute approximate surface area is 308 Å². The Morgan fingerprint density at radius 3 is 1.53 bits per heavy atom. The molecule has 0 N–H and O–H groups in total. The summed E-state index contributed by atoms with van der Waals surface area (Å²) in [5, 5.41) is 2.15. The van der Waals surface area contributed by atoms with Crippen molar-refractivity contribution >= 4 is 21.8 Å². The molecule has 1 aliphatic rings. The maximum atomic E-state index is 5.13. The van der Waals surface area contributed by atoms with Crippen LogP contribution in [-0.4, -0.2) is 19.9 Å². The third kappa shape index (κ3) is 5.30. The lowest BCUT2D eigenvalue weighted by atomic mass is 9.79. The molecule has 0 spiro atoms. The van der Waals surface area contributed by atoms with Gasteiger partial charge < -0.3 is 0 Å². The molecule has 3 aromatic heterocycles. The lowest BCUT2D eigenvalue weighted by molar-refractivity contribution is 0.662. The van der Waals surface area contributed by atoms with E-state index in [-0.39, 0.29) is 5.41 Å². The van der Waals surface area contributed by atoms with E-state index in [0.29, 0.717) is 5.82 Å². The summed E-state index contributed by atoms with van der Waals surface area (Å²) in [5.74, 6) is 0.679. The lowest BCUT2D eigenvalue weighted by Gasteiger charge is -2.24. The second kappa shape index (κ2) is 12.2. The van der Waals surface area contributed by atoms with E-state index in [4.69, 9.17) is 9.97 Å². The molecule has 0 aliphatic heterocycles. The third-order valence-corrected chi connectivity index (χ3v) is 10.8. The number of benzene rings is 6. The second-order valence-corrected chi connectivity index (χ2v) is 14.3. The Bertz CT molecular complexity index is 2760. The number of fused-ring (bicyclic) bond motifs is 5. The van der Waals surface area contributed by atoms with Crippen LogP contribution in [0, 0.1) is 0 Å². The maximum Gasteiger partial charge on any atom is 0.160 e. The molecule has 10 rings (SSSR count). The molecule has 0 saturated carbocycles. The topological polar surface area (TPSA) is 51.6 Å². The van der Waals surface area contributed by atoms with Gasteiger partial charge in [0.15, 0.2) is 5.82 Å². The average Bonchev–Trinajstić information content (AvgIpc) is 3.46. The van der Waals surface area contributed by atoms with Gasteiger partial charge in [-0.1, -0.05) is 129 Å². The number of hydrogen-bond donors (Lipinski definition) is 0. The molecule has 1 aliphatic carbocycles. The zero-order valence-corrected chi connectivity index (χ0v) is 29.5. The van der Waals surface area contributed by atoms with E-state index < -0.39 is 0 Å². The summed E-state index contributed by atoms with van der Waals surface area (Å²) in [4.78, 5) is 19.3. The zero-order valence-electron chi connectivity index (χ0n) is 29.5. The third-order valence-electron chi connectivity index (χ3n) is 10.8. The van der Waals surface area contributed by atoms with Crippen molar-refractivity contribution in [2.45, 2.75) is 19.3 Å². The first-order chi connectivity index (χ1) is 26.0. The largest absolute Gasteiger partial charge is 0.256 e. The molecule has 0 saturated heterocycles. The zero-order chi connectivity index (χ0) is 35.5. The minimum atomic E-state index is -0.0622. The quantitative estimate of drug-likeness (QED) is 0.182. The first-order valence-electron chi connectivity index (χ1n) is 18.0. The summed E-state index contributed by atoms with van der Waals surface area (Å²) >= 11 is 0. The summed E-state index contributed by atoms with van der Waals surface area (Å²) in [6.45, 7) is 4.69. The highest BCUT2D eigenvalue weighted by Gasteiger charge is 2.37. The predicted molar refractivity (Wildman–Crippen MR) is 217 cm³/mol. The monoisotopic (exact) mass is 678 g/mol. The number of rotatable bonds is 5. The Hall–Kier alpha value is -6.78. The minimum Gasteiger partial charge on any atom is -0.256 e. The molecule has 4 nitrogen and oxygen atoms in total. The first kappa shape index (κ1) is 31.0. The molecule has 0 unspecified atom stereocenters. The van der Waals surface area contributed by atoms with Gasteiger partial charge in [-0.05, 0) is 87.0 Å². The molecule has 9 aromatic rings. The van der Waals surface area contributed by atoms with Crippen molar-refractivity contribution in [1.82, 2.24) is 19.9 Å². The van der Waals surface area contributed by atoms with Gasteiger partial charge in [0, 0.05) is 45.3 Å². The highest BCUT2D eigenvalue weighted by Crippen LogP contribution is 2.52. The Morgan fingerprint density at radius 2 is 0.906 bits per heavy atom. The van der Waals surface area contributed by atoms with Crippen molar-refractivity contribution in [2.24, 2.45) is 0 Å². The Morgan fingerprint density at radius 1 is 0.396 bits per heavy atom. The van der Waals surface area contributed by atoms with Crippen molar-refractivity contribution in [3.05, 3.63) is 181 Å². The highest BCUT2D eigenvalue weighted by atomic mass is 14.9. The van der Waals surface area contributed by atoms with Gasteiger partial charge >= 0.3 is 0 Å². The minimum absolute atomic E-state index is 0.0622. The molecule has 0 radical (unpaired) electrons. The van der Waals surface area contributed by atoms with Crippen LogP contribution in [0.25, 0.3) is 89.1 Å². The van der Waals surface area contributed by atoms with Gasteiger partial charge in [0.1, 0.15) is 0 Å². The van der Waals surface area contributed by atoms with Crippen molar-refractivity contribution in [3.63, 3.8) is 0 Å². The van der Waals surface area contributed by atoms with Crippen LogP contribution in [0.2, 0.25) is 0 Å². The number of nitrogens with zero attached hydrogens (tertiary/aromatic N) is 4. The van der Waals surface area contributed by atoms with Crippen molar-refractivity contribution < 1.29 is 0 Å². The SMILES string of the molecule is CC1(C)c2ccccc2-c2cccc(-c3ccc(-c4ccc(-c5nc(-c6ccc7ncccc7c6)cc(-c6ccc7ncccc7c6)n5)cc4)cc3)c21. The molecule has 0 fully saturated rings. The number of pyridine rings is 2. The van der Waals surface area contributed by atoms with Gasteiger partial charge in [-0.3, -0.25) is 9.97 Å². The molecule has 250 valence electrons. The van der Waals surface area contributed by atoms with Gasteiger partial charge in [0.2, 0.25) is 0 Å². The molecule has 4 heteroatoms. The van der Waals surface area contributed by atoms with Crippen molar-refractivity contribution in [1.29, 1.82) is 0 Å². The van der Waals surface area contributed by atoms with Crippen LogP contribution >= 0.6 is 0 Å². The molecule has 0 amide bonds. The molecule has 0 atom stereocenters. The normalized spacial score (nSPS) is 12.9. The summed E-state index contributed by atoms with van der Waals surface area (Å²) in [6, 6.07) is 55.9.